The average Bonchev–Trinajstić information content (AvgIpc) is 2.33. The molecule has 0 aliphatic carbocycles. The summed E-state index contributed by atoms with van der Waals surface area (Å²) in [6.45, 7) is 0.462. The van der Waals surface area contributed by atoms with Gasteiger partial charge in [0.05, 0.1) is 0 Å². The minimum atomic E-state index is -0.546. The Morgan fingerprint density at radius 1 is 1.29 bits per heavy atom. The van der Waals surface area contributed by atoms with E-state index >= 15 is 0 Å². The van der Waals surface area contributed by atoms with Crippen LogP contribution >= 0.6 is 0 Å². The fraction of sp³-hybridized carbons (Fsp3) is 0.182. The van der Waals surface area contributed by atoms with Crippen LogP contribution < -0.4 is 17.0 Å². The van der Waals surface area contributed by atoms with Gasteiger partial charge in [-0.3, -0.25) is 19.3 Å². The zero-order chi connectivity index (χ0) is 12.3. The fourth-order valence-electron chi connectivity index (χ4n) is 1.49. The van der Waals surface area contributed by atoms with E-state index in [1.807, 2.05) is 12.1 Å². The second kappa shape index (κ2) is 4.65. The van der Waals surface area contributed by atoms with E-state index in [4.69, 9.17) is 5.73 Å². The zero-order valence-corrected chi connectivity index (χ0v) is 9.09. The first kappa shape index (κ1) is 11.1. The molecule has 2 aromatic rings. The Kier molecular flexibility index (Phi) is 3.04. The van der Waals surface area contributed by atoms with E-state index in [0.29, 0.717) is 13.0 Å². The van der Waals surface area contributed by atoms with Crippen LogP contribution in [-0.2, 0) is 13.0 Å². The molecular weight excluding hydrogens is 220 g/mol. The maximum Gasteiger partial charge on any atom is 0.328 e. The lowest BCUT2D eigenvalue weighted by molar-refractivity contribution is 0.647. The van der Waals surface area contributed by atoms with Crippen LogP contribution in [0.5, 0.6) is 0 Å². The molecule has 0 fully saturated rings. The van der Waals surface area contributed by atoms with Crippen molar-refractivity contribution in [3.05, 3.63) is 57.1 Å². The van der Waals surface area contributed by atoms with Crippen LogP contribution in [0.4, 0.5) is 5.69 Å². The van der Waals surface area contributed by atoms with Crippen LogP contribution in [-0.4, -0.2) is 14.5 Å². The van der Waals surface area contributed by atoms with Crippen molar-refractivity contribution in [3.63, 3.8) is 0 Å². The highest BCUT2D eigenvalue weighted by atomic mass is 16.2. The lowest BCUT2D eigenvalue weighted by atomic mass is 10.2. The van der Waals surface area contributed by atoms with E-state index in [1.54, 1.807) is 12.4 Å². The van der Waals surface area contributed by atoms with Gasteiger partial charge in [-0.05, 0) is 24.1 Å². The molecule has 0 saturated heterocycles. The minimum Gasteiger partial charge on any atom is -0.393 e. The molecule has 3 N–H and O–H groups in total. The smallest absolute Gasteiger partial charge is 0.328 e. The average molecular weight is 232 g/mol. The number of nitrogens with two attached hydrogens (primary N) is 1. The van der Waals surface area contributed by atoms with Gasteiger partial charge in [0, 0.05) is 25.1 Å². The normalized spacial score (nSPS) is 10.4. The topological polar surface area (TPSA) is 93.8 Å². The number of aryl methyl sites for hydroxylation is 2. The molecule has 2 heterocycles. The summed E-state index contributed by atoms with van der Waals surface area (Å²) in [6, 6.07) is 3.75. The van der Waals surface area contributed by atoms with Crippen LogP contribution in [0.2, 0.25) is 0 Å². The molecule has 0 aromatic carbocycles. The molecule has 6 nitrogen and oxygen atoms in total. The van der Waals surface area contributed by atoms with Crippen molar-refractivity contribution in [1.82, 2.24) is 14.5 Å². The van der Waals surface area contributed by atoms with Crippen molar-refractivity contribution in [2.45, 2.75) is 13.0 Å². The van der Waals surface area contributed by atoms with Crippen LogP contribution in [0.15, 0.2) is 40.3 Å². The summed E-state index contributed by atoms with van der Waals surface area (Å²) < 4.78 is 1.39. The number of pyridine rings is 1. The Balaban J connectivity index is 2.18. The predicted molar refractivity (Wildman–Crippen MR) is 63.7 cm³/mol. The molecule has 2 aromatic heterocycles. The maximum atomic E-state index is 11.5. The molecule has 0 spiro atoms. The van der Waals surface area contributed by atoms with Gasteiger partial charge in [0.2, 0.25) is 0 Å². The summed E-state index contributed by atoms with van der Waals surface area (Å²) in [7, 11) is 0. The Labute approximate surface area is 96.8 Å². The Bertz CT molecular complexity index is 615. The summed E-state index contributed by atoms with van der Waals surface area (Å²) in [5.74, 6) is 0. The van der Waals surface area contributed by atoms with E-state index in [9.17, 15) is 9.59 Å². The first-order valence-electron chi connectivity index (χ1n) is 5.15. The third-order valence-corrected chi connectivity index (χ3v) is 2.43. The number of hydrogen-bond acceptors (Lipinski definition) is 4. The van der Waals surface area contributed by atoms with Gasteiger partial charge in [-0.15, -0.1) is 0 Å². The Morgan fingerprint density at radius 3 is 2.71 bits per heavy atom. The van der Waals surface area contributed by atoms with Crippen molar-refractivity contribution in [3.8, 4) is 0 Å². The summed E-state index contributed by atoms with van der Waals surface area (Å²) in [5, 5.41) is 0. The van der Waals surface area contributed by atoms with E-state index in [0.717, 1.165) is 5.56 Å². The maximum absolute atomic E-state index is 11.5. The van der Waals surface area contributed by atoms with Crippen molar-refractivity contribution < 1.29 is 0 Å². The second-order valence-electron chi connectivity index (χ2n) is 3.64. The van der Waals surface area contributed by atoms with Crippen molar-refractivity contribution in [2.24, 2.45) is 0 Å². The van der Waals surface area contributed by atoms with E-state index in [-0.39, 0.29) is 5.69 Å². The summed E-state index contributed by atoms with van der Waals surface area (Å²) in [5.41, 5.74) is 5.56. The molecule has 0 aliphatic rings. The molecule has 0 radical (unpaired) electrons. The van der Waals surface area contributed by atoms with E-state index in [1.165, 1.54) is 10.8 Å². The number of H-pyrrole nitrogens is 1. The van der Waals surface area contributed by atoms with E-state index < -0.39 is 11.2 Å². The van der Waals surface area contributed by atoms with Crippen molar-refractivity contribution >= 4 is 5.69 Å². The first-order chi connectivity index (χ1) is 8.16. The largest absolute Gasteiger partial charge is 0.393 e. The predicted octanol–water partition coefficient (Wildman–Crippen LogP) is -0.243. The number of nitrogen functional groups attached to an aromatic ring is 1. The standard InChI is InChI=1S/C11H12N4O2/c12-9-7-15(11(17)14-10(9)16)6-3-8-1-4-13-5-2-8/h1-2,4-5,7H,3,6,12H2,(H,14,16,17). The third-order valence-electron chi connectivity index (χ3n) is 2.43. The van der Waals surface area contributed by atoms with Crippen LogP contribution in [0.1, 0.15) is 5.56 Å². The zero-order valence-electron chi connectivity index (χ0n) is 9.09. The number of aromatic amines is 1. The summed E-state index contributed by atoms with van der Waals surface area (Å²) in [6.07, 6.45) is 5.43. The Hall–Kier alpha value is -2.37. The molecule has 0 aliphatic heterocycles. The number of aromatic nitrogens is 3. The fourth-order valence-corrected chi connectivity index (χ4v) is 1.49. The van der Waals surface area contributed by atoms with Crippen molar-refractivity contribution in [2.75, 3.05) is 5.73 Å². The first-order valence-corrected chi connectivity index (χ1v) is 5.15. The van der Waals surface area contributed by atoms with Gasteiger partial charge in [-0.2, -0.15) is 0 Å². The van der Waals surface area contributed by atoms with Gasteiger partial charge in [-0.1, -0.05) is 0 Å². The summed E-state index contributed by atoms with van der Waals surface area (Å²) >= 11 is 0. The SMILES string of the molecule is Nc1cn(CCc2ccncc2)c(=O)[nH]c1=O. The van der Waals surface area contributed by atoms with Gasteiger partial charge < -0.3 is 5.73 Å². The molecule has 0 bridgehead atoms. The monoisotopic (exact) mass is 232 g/mol. The third kappa shape index (κ3) is 2.60. The van der Waals surface area contributed by atoms with Gasteiger partial charge in [0.15, 0.2) is 0 Å². The molecule has 0 saturated carbocycles. The number of rotatable bonds is 3. The number of hydrogen-bond donors (Lipinski definition) is 2. The molecule has 0 unspecified atom stereocenters. The highest BCUT2D eigenvalue weighted by molar-refractivity contribution is 5.30. The van der Waals surface area contributed by atoms with Gasteiger partial charge in [0.1, 0.15) is 5.69 Å². The number of nitrogens with zero attached hydrogens (tertiary/aromatic N) is 2. The highest BCUT2D eigenvalue weighted by Crippen LogP contribution is 1.99. The summed E-state index contributed by atoms with van der Waals surface area (Å²) in [4.78, 5) is 28.6. The molecule has 0 atom stereocenters. The van der Waals surface area contributed by atoms with Gasteiger partial charge >= 0.3 is 5.69 Å². The minimum absolute atomic E-state index is 0.0410. The quantitative estimate of drug-likeness (QED) is 0.763. The van der Waals surface area contributed by atoms with Crippen LogP contribution in [0.25, 0.3) is 0 Å². The molecule has 88 valence electrons. The highest BCUT2D eigenvalue weighted by Gasteiger charge is 2.01. The molecular formula is C11H12N4O2. The van der Waals surface area contributed by atoms with Gasteiger partial charge in [0.25, 0.3) is 5.56 Å². The molecule has 2 rings (SSSR count). The second-order valence-corrected chi connectivity index (χ2v) is 3.64. The molecule has 6 heteroatoms. The van der Waals surface area contributed by atoms with Crippen LogP contribution in [0, 0.1) is 0 Å². The van der Waals surface area contributed by atoms with Crippen LogP contribution in [0.3, 0.4) is 0 Å². The lowest BCUT2D eigenvalue weighted by Gasteiger charge is -2.05. The number of anilines is 1. The Morgan fingerprint density at radius 2 is 2.00 bits per heavy atom. The number of nitrogens with one attached hydrogen (secondary N) is 1. The lowest BCUT2D eigenvalue weighted by Crippen LogP contribution is -2.31. The van der Waals surface area contributed by atoms with Gasteiger partial charge in [-0.25, -0.2) is 4.79 Å². The van der Waals surface area contributed by atoms with Crippen molar-refractivity contribution in [1.29, 1.82) is 0 Å². The molecule has 0 amide bonds. The van der Waals surface area contributed by atoms with E-state index in [2.05, 4.69) is 9.97 Å². The molecule has 17 heavy (non-hydrogen) atoms.